The second-order valence-corrected chi connectivity index (χ2v) is 6.64. The Kier molecular flexibility index (Phi) is 4.59. The van der Waals surface area contributed by atoms with Crippen molar-refractivity contribution in [2.24, 2.45) is 0 Å². The minimum absolute atomic E-state index is 0.457. The molecule has 0 saturated carbocycles. The van der Waals surface area contributed by atoms with E-state index in [4.69, 9.17) is 14.8 Å². The van der Waals surface area contributed by atoms with Gasteiger partial charge in [-0.2, -0.15) is 10.1 Å². The zero-order valence-electron chi connectivity index (χ0n) is 15.8. The maximum atomic E-state index is 5.94. The van der Waals surface area contributed by atoms with Crippen molar-refractivity contribution in [3.63, 3.8) is 0 Å². The molecule has 5 nitrogen and oxygen atoms in total. The highest BCUT2D eigenvalue weighted by Crippen LogP contribution is 2.27. The predicted molar refractivity (Wildman–Crippen MR) is 106 cm³/mol. The maximum Gasteiger partial charge on any atom is 0.215 e. The molecule has 0 bridgehead atoms. The van der Waals surface area contributed by atoms with Crippen molar-refractivity contribution in [2.75, 3.05) is 0 Å². The molecular formula is C22H22N4O. The molecule has 0 saturated heterocycles. The van der Waals surface area contributed by atoms with E-state index in [0.717, 1.165) is 40.0 Å². The van der Waals surface area contributed by atoms with E-state index in [1.165, 1.54) is 5.56 Å². The van der Waals surface area contributed by atoms with Crippen molar-refractivity contribution < 1.29 is 4.74 Å². The van der Waals surface area contributed by atoms with Crippen molar-refractivity contribution >= 4 is 11.0 Å². The summed E-state index contributed by atoms with van der Waals surface area (Å²) in [5, 5.41) is 5.80. The Morgan fingerprint density at radius 3 is 2.41 bits per heavy atom. The monoisotopic (exact) mass is 358 g/mol. The second kappa shape index (κ2) is 7.19. The van der Waals surface area contributed by atoms with E-state index in [1.807, 2.05) is 29.8 Å². The van der Waals surface area contributed by atoms with Crippen LogP contribution in [0.2, 0.25) is 0 Å². The van der Waals surface area contributed by atoms with Crippen LogP contribution in [0, 0.1) is 13.8 Å². The summed E-state index contributed by atoms with van der Waals surface area (Å²) in [5.74, 6) is 0.600. The number of rotatable bonds is 5. The van der Waals surface area contributed by atoms with Gasteiger partial charge in [-0.3, -0.25) is 4.98 Å². The molecule has 5 heteroatoms. The van der Waals surface area contributed by atoms with Crippen LogP contribution in [0.5, 0.6) is 5.88 Å². The van der Waals surface area contributed by atoms with Crippen LogP contribution in [0.4, 0.5) is 0 Å². The number of hydrogen-bond acceptors (Lipinski definition) is 4. The van der Waals surface area contributed by atoms with Gasteiger partial charge in [0.15, 0.2) is 5.65 Å². The van der Waals surface area contributed by atoms with Gasteiger partial charge in [-0.05, 0) is 61.2 Å². The van der Waals surface area contributed by atoms with Crippen molar-refractivity contribution in [3.8, 4) is 11.6 Å². The lowest BCUT2D eigenvalue weighted by Crippen LogP contribution is -2.01. The number of benzene rings is 1. The third-order valence-electron chi connectivity index (χ3n) is 4.71. The number of aromatic nitrogens is 4. The minimum Gasteiger partial charge on any atom is -0.473 e. The Bertz CT molecular complexity index is 1070. The molecule has 136 valence electrons. The van der Waals surface area contributed by atoms with Crippen LogP contribution in [0.25, 0.3) is 16.7 Å². The zero-order chi connectivity index (χ0) is 18.8. The van der Waals surface area contributed by atoms with Gasteiger partial charge in [0.2, 0.25) is 5.88 Å². The molecule has 0 radical (unpaired) electrons. The van der Waals surface area contributed by atoms with Crippen LogP contribution < -0.4 is 4.74 Å². The predicted octanol–water partition coefficient (Wildman–Crippen LogP) is 4.57. The molecule has 4 rings (SSSR count). The molecule has 0 aliphatic carbocycles. The van der Waals surface area contributed by atoms with E-state index in [0.29, 0.717) is 12.5 Å². The highest BCUT2D eigenvalue weighted by atomic mass is 16.5. The largest absolute Gasteiger partial charge is 0.473 e. The molecule has 0 amide bonds. The molecule has 3 heterocycles. The molecule has 4 aromatic rings. The Hall–Kier alpha value is -3.21. The van der Waals surface area contributed by atoms with Gasteiger partial charge < -0.3 is 4.74 Å². The van der Waals surface area contributed by atoms with E-state index in [2.05, 4.69) is 43.1 Å². The lowest BCUT2D eigenvalue weighted by molar-refractivity contribution is 0.294. The van der Waals surface area contributed by atoms with Gasteiger partial charge in [-0.25, -0.2) is 4.68 Å². The molecule has 0 aliphatic heterocycles. The lowest BCUT2D eigenvalue weighted by Gasteiger charge is -2.09. The van der Waals surface area contributed by atoms with Gasteiger partial charge in [-0.15, -0.1) is 0 Å². The Labute approximate surface area is 158 Å². The number of fused-ring (bicyclic) bond motifs is 1. The average Bonchev–Trinajstić information content (AvgIpc) is 3.04. The highest BCUT2D eigenvalue weighted by molar-refractivity contribution is 5.83. The van der Waals surface area contributed by atoms with Crippen LogP contribution in [-0.4, -0.2) is 19.7 Å². The topological polar surface area (TPSA) is 52.8 Å². The number of nitrogens with zero attached hydrogens (tertiary/aromatic N) is 4. The fourth-order valence-corrected chi connectivity index (χ4v) is 3.24. The SMILES string of the molecule is CCc1ccc(-n2nc(C)c3c(C)cc(OCc4ccncc4)nc32)cc1. The first kappa shape index (κ1) is 17.2. The number of hydrogen-bond donors (Lipinski definition) is 0. The quantitative estimate of drug-likeness (QED) is 0.524. The molecule has 3 aromatic heterocycles. The van der Waals surface area contributed by atoms with Gasteiger partial charge in [0, 0.05) is 23.8 Å². The Morgan fingerprint density at radius 2 is 1.70 bits per heavy atom. The fourth-order valence-electron chi connectivity index (χ4n) is 3.24. The first-order valence-corrected chi connectivity index (χ1v) is 9.13. The first-order valence-electron chi connectivity index (χ1n) is 9.13. The first-order chi connectivity index (χ1) is 13.2. The summed E-state index contributed by atoms with van der Waals surface area (Å²) >= 11 is 0. The van der Waals surface area contributed by atoms with Crippen LogP contribution >= 0.6 is 0 Å². The Morgan fingerprint density at radius 1 is 0.963 bits per heavy atom. The van der Waals surface area contributed by atoms with Crippen molar-refractivity contribution in [1.82, 2.24) is 19.7 Å². The summed E-state index contributed by atoms with van der Waals surface area (Å²) in [5.41, 5.74) is 6.26. The zero-order valence-corrected chi connectivity index (χ0v) is 15.8. The van der Waals surface area contributed by atoms with Gasteiger partial charge >= 0.3 is 0 Å². The highest BCUT2D eigenvalue weighted by Gasteiger charge is 2.15. The molecule has 0 spiro atoms. The van der Waals surface area contributed by atoms with E-state index in [-0.39, 0.29) is 0 Å². The smallest absolute Gasteiger partial charge is 0.215 e. The van der Waals surface area contributed by atoms with E-state index in [1.54, 1.807) is 12.4 Å². The molecule has 0 unspecified atom stereocenters. The number of pyridine rings is 2. The summed E-state index contributed by atoms with van der Waals surface area (Å²) in [4.78, 5) is 8.79. The summed E-state index contributed by atoms with van der Waals surface area (Å²) in [6.45, 7) is 6.70. The third-order valence-corrected chi connectivity index (χ3v) is 4.71. The number of ether oxygens (including phenoxy) is 1. The van der Waals surface area contributed by atoms with E-state index in [9.17, 15) is 0 Å². The van der Waals surface area contributed by atoms with Crippen LogP contribution in [0.15, 0.2) is 54.9 Å². The summed E-state index contributed by atoms with van der Waals surface area (Å²) in [6.07, 6.45) is 4.54. The van der Waals surface area contributed by atoms with Crippen LogP contribution in [-0.2, 0) is 13.0 Å². The molecule has 0 N–H and O–H groups in total. The molecule has 0 aliphatic rings. The molecular weight excluding hydrogens is 336 g/mol. The van der Waals surface area contributed by atoms with E-state index >= 15 is 0 Å². The molecule has 27 heavy (non-hydrogen) atoms. The van der Waals surface area contributed by atoms with Gasteiger partial charge in [0.25, 0.3) is 0 Å². The third kappa shape index (κ3) is 3.40. The normalized spacial score (nSPS) is 11.1. The summed E-state index contributed by atoms with van der Waals surface area (Å²) in [6, 6.07) is 14.3. The van der Waals surface area contributed by atoms with E-state index < -0.39 is 0 Å². The average molecular weight is 358 g/mol. The Balaban J connectivity index is 1.73. The van der Waals surface area contributed by atoms with Crippen molar-refractivity contribution in [2.45, 2.75) is 33.8 Å². The summed E-state index contributed by atoms with van der Waals surface area (Å²) in [7, 11) is 0. The maximum absolute atomic E-state index is 5.94. The van der Waals surface area contributed by atoms with Crippen molar-refractivity contribution in [1.29, 1.82) is 0 Å². The molecule has 0 fully saturated rings. The second-order valence-electron chi connectivity index (χ2n) is 6.64. The van der Waals surface area contributed by atoms with Crippen LogP contribution in [0.1, 0.15) is 29.3 Å². The lowest BCUT2D eigenvalue weighted by atomic mass is 10.1. The van der Waals surface area contributed by atoms with Crippen molar-refractivity contribution in [3.05, 3.63) is 77.2 Å². The standard InChI is InChI=1S/C22H22N4O/c1-4-17-5-7-19(8-6-17)26-22-21(16(3)25-26)15(2)13-20(24-22)27-14-18-9-11-23-12-10-18/h5-13H,4,14H2,1-3H3. The fraction of sp³-hybridized carbons (Fsp3) is 0.227. The minimum atomic E-state index is 0.457. The number of aryl methyl sites for hydroxylation is 3. The van der Waals surface area contributed by atoms with Gasteiger partial charge in [-0.1, -0.05) is 19.1 Å². The van der Waals surface area contributed by atoms with Crippen LogP contribution in [0.3, 0.4) is 0 Å². The van der Waals surface area contributed by atoms with Gasteiger partial charge in [0.05, 0.1) is 11.4 Å². The van der Waals surface area contributed by atoms with Gasteiger partial charge in [0.1, 0.15) is 6.61 Å². The molecule has 1 aromatic carbocycles. The summed E-state index contributed by atoms with van der Waals surface area (Å²) < 4.78 is 7.84. The molecule has 0 atom stereocenters.